The number of carbonyl (C=O) groups is 2. The molecule has 0 aliphatic heterocycles. The molecule has 0 heterocycles. The summed E-state index contributed by atoms with van der Waals surface area (Å²) >= 11 is 0. The maximum Gasteiger partial charge on any atom is 0.338 e. The SMILES string of the molecule is NCCCCCCC(=O)Nc1ccc(F)c(C(=O)O)c1. The smallest absolute Gasteiger partial charge is 0.338 e. The van der Waals surface area contributed by atoms with Gasteiger partial charge in [-0.2, -0.15) is 0 Å². The predicted molar refractivity (Wildman–Crippen MR) is 74.1 cm³/mol. The standard InChI is InChI=1S/C14H19FN2O3/c15-12-7-6-10(9-11(12)14(19)20)17-13(18)5-3-1-2-4-8-16/h6-7,9H,1-5,8,16H2,(H,17,18)(H,19,20). The molecule has 1 rings (SSSR count). The van der Waals surface area contributed by atoms with Crippen molar-refractivity contribution >= 4 is 17.6 Å². The van der Waals surface area contributed by atoms with E-state index in [-0.39, 0.29) is 11.6 Å². The van der Waals surface area contributed by atoms with E-state index in [2.05, 4.69) is 5.32 Å². The summed E-state index contributed by atoms with van der Waals surface area (Å²) in [6.07, 6.45) is 3.96. The highest BCUT2D eigenvalue weighted by molar-refractivity contribution is 5.94. The molecule has 0 fully saturated rings. The monoisotopic (exact) mass is 282 g/mol. The third kappa shape index (κ3) is 5.36. The quantitative estimate of drug-likeness (QED) is 0.638. The zero-order valence-corrected chi connectivity index (χ0v) is 11.2. The van der Waals surface area contributed by atoms with Crippen molar-refractivity contribution in [3.63, 3.8) is 0 Å². The van der Waals surface area contributed by atoms with Gasteiger partial charge in [0.15, 0.2) is 0 Å². The largest absolute Gasteiger partial charge is 0.478 e. The molecule has 0 atom stereocenters. The van der Waals surface area contributed by atoms with Crippen molar-refractivity contribution in [1.29, 1.82) is 0 Å². The van der Waals surface area contributed by atoms with Crippen molar-refractivity contribution in [2.24, 2.45) is 5.73 Å². The van der Waals surface area contributed by atoms with E-state index in [0.717, 1.165) is 37.8 Å². The summed E-state index contributed by atoms with van der Waals surface area (Å²) in [5.41, 5.74) is 5.20. The molecule has 0 saturated heterocycles. The molecule has 20 heavy (non-hydrogen) atoms. The number of halogens is 1. The van der Waals surface area contributed by atoms with Gasteiger partial charge in [0, 0.05) is 12.1 Å². The van der Waals surface area contributed by atoms with Gasteiger partial charge in [-0.3, -0.25) is 4.79 Å². The second-order valence-electron chi connectivity index (χ2n) is 4.50. The Bertz CT molecular complexity index is 477. The number of carboxylic acid groups (broad SMARTS) is 1. The van der Waals surface area contributed by atoms with Crippen molar-refractivity contribution in [3.8, 4) is 0 Å². The molecule has 0 spiro atoms. The van der Waals surface area contributed by atoms with E-state index in [1.165, 1.54) is 6.07 Å². The Hall–Kier alpha value is -1.95. The average molecular weight is 282 g/mol. The van der Waals surface area contributed by atoms with Gasteiger partial charge in [-0.25, -0.2) is 9.18 Å². The number of nitrogens with two attached hydrogens (primary N) is 1. The first-order valence-electron chi connectivity index (χ1n) is 6.57. The van der Waals surface area contributed by atoms with Gasteiger partial charge >= 0.3 is 5.97 Å². The van der Waals surface area contributed by atoms with Crippen molar-refractivity contribution in [1.82, 2.24) is 0 Å². The van der Waals surface area contributed by atoms with Gasteiger partial charge in [0.25, 0.3) is 0 Å². The fourth-order valence-corrected chi connectivity index (χ4v) is 1.77. The first-order chi connectivity index (χ1) is 9.54. The van der Waals surface area contributed by atoms with Crippen LogP contribution in [0, 0.1) is 5.82 Å². The molecule has 4 N–H and O–H groups in total. The second kappa shape index (κ2) is 8.27. The molecule has 0 radical (unpaired) electrons. The van der Waals surface area contributed by atoms with Gasteiger partial charge < -0.3 is 16.2 Å². The predicted octanol–water partition coefficient (Wildman–Crippen LogP) is 2.37. The van der Waals surface area contributed by atoms with Gasteiger partial charge in [0.05, 0.1) is 5.56 Å². The third-order valence-corrected chi connectivity index (χ3v) is 2.84. The van der Waals surface area contributed by atoms with Crippen LogP contribution in [-0.4, -0.2) is 23.5 Å². The van der Waals surface area contributed by atoms with Crippen LogP contribution in [0.1, 0.15) is 42.5 Å². The van der Waals surface area contributed by atoms with Crippen LogP contribution in [-0.2, 0) is 4.79 Å². The maximum absolute atomic E-state index is 13.2. The normalized spacial score (nSPS) is 10.3. The van der Waals surface area contributed by atoms with Crippen molar-refractivity contribution in [2.45, 2.75) is 32.1 Å². The van der Waals surface area contributed by atoms with E-state index in [4.69, 9.17) is 10.8 Å². The lowest BCUT2D eigenvalue weighted by Gasteiger charge is -2.06. The molecule has 0 bridgehead atoms. The lowest BCUT2D eigenvalue weighted by Crippen LogP contribution is -2.12. The average Bonchev–Trinajstić information content (AvgIpc) is 2.40. The minimum Gasteiger partial charge on any atom is -0.478 e. The zero-order chi connectivity index (χ0) is 15.0. The van der Waals surface area contributed by atoms with Gasteiger partial charge in [-0.05, 0) is 37.6 Å². The van der Waals surface area contributed by atoms with E-state index in [0.29, 0.717) is 13.0 Å². The number of benzene rings is 1. The van der Waals surface area contributed by atoms with Crippen LogP contribution in [0.15, 0.2) is 18.2 Å². The van der Waals surface area contributed by atoms with Crippen molar-refractivity contribution in [2.75, 3.05) is 11.9 Å². The highest BCUT2D eigenvalue weighted by Gasteiger charge is 2.11. The molecular formula is C14H19FN2O3. The second-order valence-corrected chi connectivity index (χ2v) is 4.50. The molecule has 0 aliphatic carbocycles. The summed E-state index contributed by atoms with van der Waals surface area (Å²) < 4.78 is 13.2. The number of unbranched alkanes of at least 4 members (excludes halogenated alkanes) is 3. The fraction of sp³-hybridized carbons (Fsp3) is 0.429. The van der Waals surface area contributed by atoms with E-state index < -0.39 is 17.3 Å². The molecule has 1 aromatic rings. The molecule has 0 saturated carbocycles. The molecule has 1 aromatic carbocycles. The summed E-state index contributed by atoms with van der Waals surface area (Å²) in [6.45, 7) is 0.653. The third-order valence-electron chi connectivity index (χ3n) is 2.84. The number of carboxylic acids is 1. The summed E-state index contributed by atoms with van der Waals surface area (Å²) in [5, 5.41) is 11.3. The van der Waals surface area contributed by atoms with E-state index >= 15 is 0 Å². The molecule has 0 aromatic heterocycles. The number of hydrogen-bond donors (Lipinski definition) is 3. The van der Waals surface area contributed by atoms with E-state index in [9.17, 15) is 14.0 Å². The highest BCUT2D eigenvalue weighted by Crippen LogP contribution is 2.15. The van der Waals surface area contributed by atoms with Crippen LogP contribution in [0.4, 0.5) is 10.1 Å². The van der Waals surface area contributed by atoms with E-state index in [1.54, 1.807) is 0 Å². The van der Waals surface area contributed by atoms with Crippen LogP contribution in [0.3, 0.4) is 0 Å². The number of rotatable bonds is 8. The van der Waals surface area contributed by atoms with Gasteiger partial charge in [0.1, 0.15) is 5.82 Å². The zero-order valence-electron chi connectivity index (χ0n) is 11.2. The van der Waals surface area contributed by atoms with Crippen LogP contribution < -0.4 is 11.1 Å². The number of aromatic carboxylic acids is 1. The summed E-state index contributed by atoms with van der Waals surface area (Å²) in [7, 11) is 0. The Morgan fingerprint density at radius 3 is 2.55 bits per heavy atom. The van der Waals surface area contributed by atoms with Crippen LogP contribution in [0.5, 0.6) is 0 Å². The summed E-state index contributed by atoms with van der Waals surface area (Å²) in [5.74, 6) is -2.39. The lowest BCUT2D eigenvalue weighted by atomic mass is 10.1. The number of carbonyl (C=O) groups excluding carboxylic acids is 1. The number of nitrogens with one attached hydrogen (secondary N) is 1. The van der Waals surface area contributed by atoms with Crippen molar-refractivity contribution in [3.05, 3.63) is 29.6 Å². The van der Waals surface area contributed by atoms with Crippen LogP contribution in [0.25, 0.3) is 0 Å². The Balaban J connectivity index is 2.46. The maximum atomic E-state index is 13.2. The summed E-state index contributed by atoms with van der Waals surface area (Å²) in [6, 6.07) is 3.48. The molecule has 6 heteroatoms. The Labute approximate surface area is 117 Å². The molecule has 0 aliphatic rings. The van der Waals surface area contributed by atoms with Gasteiger partial charge in [0.2, 0.25) is 5.91 Å². The Morgan fingerprint density at radius 2 is 1.90 bits per heavy atom. The van der Waals surface area contributed by atoms with Crippen LogP contribution in [0.2, 0.25) is 0 Å². The molecule has 1 amide bonds. The lowest BCUT2D eigenvalue weighted by molar-refractivity contribution is -0.116. The molecule has 110 valence electrons. The number of anilines is 1. The minimum absolute atomic E-state index is 0.208. The highest BCUT2D eigenvalue weighted by atomic mass is 19.1. The molecule has 0 unspecified atom stereocenters. The summed E-state index contributed by atoms with van der Waals surface area (Å²) in [4.78, 5) is 22.4. The number of amides is 1. The number of hydrogen-bond acceptors (Lipinski definition) is 3. The Morgan fingerprint density at radius 1 is 1.20 bits per heavy atom. The Kier molecular flexibility index (Phi) is 6.66. The van der Waals surface area contributed by atoms with Gasteiger partial charge in [-0.1, -0.05) is 12.8 Å². The van der Waals surface area contributed by atoms with Crippen molar-refractivity contribution < 1.29 is 19.1 Å². The first-order valence-corrected chi connectivity index (χ1v) is 6.57. The molecular weight excluding hydrogens is 263 g/mol. The topological polar surface area (TPSA) is 92.4 Å². The molecule has 5 nitrogen and oxygen atoms in total. The fourth-order valence-electron chi connectivity index (χ4n) is 1.77. The minimum atomic E-state index is -1.36. The van der Waals surface area contributed by atoms with E-state index in [1.807, 2.05) is 0 Å². The van der Waals surface area contributed by atoms with Crippen LogP contribution >= 0.6 is 0 Å². The first kappa shape index (κ1) is 16.1. The van der Waals surface area contributed by atoms with Gasteiger partial charge in [-0.15, -0.1) is 0 Å².